The second-order valence-electron chi connectivity index (χ2n) is 2.55. The van der Waals surface area contributed by atoms with Crippen LogP contribution in [0.5, 0.6) is 0 Å². The quantitative estimate of drug-likeness (QED) is 0.553. The van der Waals surface area contributed by atoms with Crippen molar-refractivity contribution in [2.24, 2.45) is 0 Å². The molecule has 0 aromatic carbocycles. The molecule has 0 saturated carbocycles. The molecule has 0 spiro atoms. The molecule has 1 saturated heterocycles. The van der Waals surface area contributed by atoms with Gasteiger partial charge in [-0.2, -0.15) is 0 Å². The lowest BCUT2D eigenvalue weighted by Gasteiger charge is -2.16. The highest BCUT2D eigenvalue weighted by Gasteiger charge is 2.40. The molecule has 1 aliphatic rings. The van der Waals surface area contributed by atoms with E-state index in [4.69, 9.17) is 0 Å². The number of nitrogens with one attached hydrogen (secondary N) is 1. The summed E-state index contributed by atoms with van der Waals surface area (Å²) in [5.41, 5.74) is 0. The Hall–Kier alpha value is -0.250. The SMILES string of the molecule is F[C@H]1CCCNCC1(F)F. The van der Waals surface area contributed by atoms with E-state index in [0.29, 0.717) is 13.0 Å². The fraction of sp³-hybridized carbons (Fsp3) is 1.00. The van der Waals surface area contributed by atoms with Crippen molar-refractivity contribution in [3.8, 4) is 0 Å². The number of hydrogen-bond acceptors (Lipinski definition) is 1. The molecule has 60 valence electrons. The van der Waals surface area contributed by atoms with E-state index < -0.39 is 18.6 Å². The second-order valence-corrected chi connectivity index (χ2v) is 2.55. The van der Waals surface area contributed by atoms with Crippen LogP contribution in [0.3, 0.4) is 0 Å². The third-order valence-corrected chi connectivity index (χ3v) is 1.63. The van der Waals surface area contributed by atoms with Gasteiger partial charge < -0.3 is 5.32 Å². The van der Waals surface area contributed by atoms with Crippen LogP contribution in [0.4, 0.5) is 13.2 Å². The second kappa shape index (κ2) is 2.78. The fourth-order valence-electron chi connectivity index (χ4n) is 0.983. The monoisotopic (exact) mass is 153 g/mol. The van der Waals surface area contributed by atoms with E-state index >= 15 is 0 Å². The van der Waals surface area contributed by atoms with E-state index in [9.17, 15) is 13.2 Å². The van der Waals surface area contributed by atoms with E-state index in [-0.39, 0.29) is 6.42 Å². The zero-order valence-corrected chi connectivity index (χ0v) is 5.54. The molecule has 0 radical (unpaired) electrons. The highest BCUT2D eigenvalue weighted by atomic mass is 19.3. The van der Waals surface area contributed by atoms with Crippen LogP contribution in [0.1, 0.15) is 12.8 Å². The van der Waals surface area contributed by atoms with Crippen LogP contribution >= 0.6 is 0 Å². The van der Waals surface area contributed by atoms with Gasteiger partial charge in [-0.15, -0.1) is 0 Å². The first-order valence-electron chi connectivity index (χ1n) is 3.35. The topological polar surface area (TPSA) is 12.0 Å². The van der Waals surface area contributed by atoms with E-state index in [1.165, 1.54) is 0 Å². The molecule has 0 unspecified atom stereocenters. The molecule has 4 heteroatoms. The minimum atomic E-state index is -3.16. The molecule has 10 heavy (non-hydrogen) atoms. The summed E-state index contributed by atoms with van der Waals surface area (Å²) in [5.74, 6) is -3.16. The summed E-state index contributed by atoms with van der Waals surface area (Å²) in [4.78, 5) is 0. The molecular formula is C6H10F3N. The smallest absolute Gasteiger partial charge is 0.290 e. The number of alkyl halides is 3. The predicted molar refractivity (Wildman–Crippen MR) is 31.9 cm³/mol. The molecule has 1 fully saturated rings. The molecule has 0 aliphatic carbocycles. The maximum absolute atomic E-state index is 12.4. The largest absolute Gasteiger partial charge is 0.311 e. The highest BCUT2D eigenvalue weighted by Crippen LogP contribution is 2.25. The van der Waals surface area contributed by atoms with Gasteiger partial charge in [0.05, 0.1) is 6.54 Å². The number of halogens is 3. The summed E-state index contributed by atoms with van der Waals surface area (Å²) in [5, 5.41) is 2.48. The van der Waals surface area contributed by atoms with Gasteiger partial charge in [-0.3, -0.25) is 0 Å². The van der Waals surface area contributed by atoms with Gasteiger partial charge in [0, 0.05) is 0 Å². The van der Waals surface area contributed by atoms with Crippen LogP contribution in [0.2, 0.25) is 0 Å². The molecule has 0 amide bonds. The summed E-state index contributed by atoms with van der Waals surface area (Å²) < 4.78 is 37.3. The molecule has 1 aliphatic heterocycles. The van der Waals surface area contributed by atoms with Gasteiger partial charge >= 0.3 is 0 Å². The van der Waals surface area contributed by atoms with Crippen molar-refractivity contribution in [2.75, 3.05) is 13.1 Å². The first kappa shape index (κ1) is 7.85. The molecule has 1 nitrogen and oxygen atoms in total. The maximum Gasteiger partial charge on any atom is 0.290 e. The van der Waals surface area contributed by atoms with E-state index in [2.05, 4.69) is 5.32 Å². The Morgan fingerprint density at radius 2 is 2.10 bits per heavy atom. The zero-order valence-electron chi connectivity index (χ0n) is 5.54. The summed E-state index contributed by atoms with van der Waals surface area (Å²) >= 11 is 0. The summed E-state index contributed by atoms with van der Waals surface area (Å²) in [7, 11) is 0. The van der Waals surface area contributed by atoms with E-state index in [1.807, 2.05) is 0 Å². The average molecular weight is 153 g/mol. The van der Waals surface area contributed by atoms with Crippen LogP contribution in [0.15, 0.2) is 0 Å². The van der Waals surface area contributed by atoms with E-state index in [1.54, 1.807) is 0 Å². The molecule has 1 rings (SSSR count). The Labute approximate surface area is 57.6 Å². The van der Waals surface area contributed by atoms with Gasteiger partial charge in [-0.1, -0.05) is 0 Å². The normalized spacial score (nSPS) is 33.3. The van der Waals surface area contributed by atoms with Gasteiger partial charge in [-0.25, -0.2) is 13.2 Å². The Bertz CT molecular complexity index is 116. The molecule has 1 atom stereocenters. The van der Waals surface area contributed by atoms with Crippen LogP contribution in [0, 0.1) is 0 Å². The molecule has 0 aromatic heterocycles. The van der Waals surface area contributed by atoms with Crippen LogP contribution in [-0.4, -0.2) is 25.2 Å². The standard InChI is InChI=1S/C6H10F3N/c7-5-2-1-3-10-4-6(5,8)9/h5,10H,1-4H2/t5-/m0/s1. The van der Waals surface area contributed by atoms with Gasteiger partial charge in [-0.05, 0) is 19.4 Å². The Kier molecular flexibility index (Phi) is 2.18. The van der Waals surface area contributed by atoms with Crippen LogP contribution in [-0.2, 0) is 0 Å². The van der Waals surface area contributed by atoms with Crippen molar-refractivity contribution in [2.45, 2.75) is 24.9 Å². The molecule has 0 aromatic rings. The van der Waals surface area contributed by atoms with E-state index in [0.717, 1.165) is 0 Å². The van der Waals surface area contributed by atoms with Gasteiger partial charge in [0.1, 0.15) is 0 Å². The van der Waals surface area contributed by atoms with Crippen LogP contribution in [0.25, 0.3) is 0 Å². The minimum absolute atomic E-state index is 0.0278. The first-order valence-corrected chi connectivity index (χ1v) is 3.35. The molecule has 1 N–H and O–H groups in total. The molecule has 1 heterocycles. The van der Waals surface area contributed by atoms with Gasteiger partial charge in [0.15, 0.2) is 6.17 Å². The highest BCUT2D eigenvalue weighted by molar-refractivity contribution is 4.82. The molecular weight excluding hydrogens is 143 g/mol. The first-order chi connectivity index (χ1) is 4.63. The minimum Gasteiger partial charge on any atom is -0.311 e. The lowest BCUT2D eigenvalue weighted by molar-refractivity contribution is -0.0658. The van der Waals surface area contributed by atoms with Crippen molar-refractivity contribution in [1.29, 1.82) is 0 Å². The fourth-order valence-corrected chi connectivity index (χ4v) is 0.983. The summed E-state index contributed by atoms with van der Waals surface area (Å²) in [6.45, 7) is -0.0236. The summed E-state index contributed by atoms with van der Waals surface area (Å²) in [6.07, 6.45) is -1.49. The number of rotatable bonds is 0. The Morgan fingerprint density at radius 3 is 2.80 bits per heavy atom. The van der Waals surface area contributed by atoms with Crippen molar-refractivity contribution >= 4 is 0 Å². The van der Waals surface area contributed by atoms with Crippen molar-refractivity contribution in [3.05, 3.63) is 0 Å². The Balaban J connectivity index is 2.52. The Morgan fingerprint density at radius 1 is 1.40 bits per heavy atom. The van der Waals surface area contributed by atoms with Crippen molar-refractivity contribution in [1.82, 2.24) is 5.32 Å². The number of hydrogen-bond donors (Lipinski definition) is 1. The zero-order chi connectivity index (χ0) is 7.61. The lowest BCUT2D eigenvalue weighted by Crippen LogP contribution is -2.37. The van der Waals surface area contributed by atoms with Gasteiger partial charge in [0.25, 0.3) is 5.92 Å². The van der Waals surface area contributed by atoms with Crippen molar-refractivity contribution in [3.63, 3.8) is 0 Å². The van der Waals surface area contributed by atoms with Crippen LogP contribution < -0.4 is 5.32 Å². The lowest BCUT2D eigenvalue weighted by atomic mass is 10.1. The van der Waals surface area contributed by atoms with Crippen molar-refractivity contribution < 1.29 is 13.2 Å². The maximum atomic E-state index is 12.4. The summed E-state index contributed by atoms with van der Waals surface area (Å²) in [6, 6.07) is 0. The average Bonchev–Trinajstić information content (AvgIpc) is 1.96. The molecule has 0 bridgehead atoms. The third kappa shape index (κ3) is 1.62. The third-order valence-electron chi connectivity index (χ3n) is 1.63. The predicted octanol–water partition coefficient (Wildman–Crippen LogP) is 1.34. The van der Waals surface area contributed by atoms with Gasteiger partial charge in [0.2, 0.25) is 0 Å².